The van der Waals surface area contributed by atoms with Crippen LogP contribution in [0.25, 0.3) is 0 Å². The highest BCUT2D eigenvalue weighted by Crippen LogP contribution is 2.43. The largest absolute Gasteiger partial charge is 0.472 e. The molecule has 3 unspecified atom stereocenters. The molecule has 0 saturated carbocycles. The Hall–Kier alpha value is -3.60. The van der Waals surface area contributed by atoms with Crippen LogP contribution in [-0.2, 0) is 42.2 Å². The maximum absolute atomic E-state index is 12.8. The first-order chi connectivity index (χ1) is 32.2. The number of phosphoric acid groups is 1. The Morgan fingerprint density at radius 3 is 1.29 bits per heavy atom. The molecule has 0 spiro atoms. The molecule has 0 aliphatic carbocycles. The maximum atomic E-state index is 12.8. The molecule has 0 fully saturated rings. The van der Waals surface area contributed by atoms with Crippen molar-refractivity contribution < 1.29 is 52.2 Å². The average Bonchev–Trinajstić information content (AvgIpc) is 3.30. The van der Waals surface area contributed by atoms with Crippen LogP contribution in [0.3, 0.4) is 0 Å². The standard InChI is InChI=1S/C54H89O11P/c1-4-7-10-13-16-19-22-24-25-27-29-31-34-37-40-43-52(56)61-47-51(65-54(58)45-42-39-36-33-30-26-23-20-17-14-11-8-5-2)49-63-66(59,60)62-48-50(46-55)64-53(57)44-41-38-35-32-28-21-18-15-12-9-6-3/h7-8,10-11,16-17,19-20,24-26,29-31,37,40,50-51,55H,4-6,9,12-15,18,21-23,27-28,32-36,38-39,41-49H2,1-3H3,(H,59,60)/b10-7-,11-8-,19-16-,20-17-,25-24-,30-26-,31-29-,40-37-. The molecule has 3 atom stereocenters. The molecule has 2 N–H and O–H groups in total. The molecule has 0 heterocycles. The van der Waals surface area contributed by atoms with Gasteiger partial charge >= 0.3 is 25.7 Å². The summed E-state index contributed by atoms with van der Waals surface area (Å²) >= 11 is 0. The van der Waals surface area contributed by atoms with E-state index in [-0.39, 0.29) is 19.3 Å². The maximum Gasteiger partial charge on any atom is 0.472 e. The van der Waals surface area contributed by atoms with Gasteiger partial charge in [-0.05, 0) is 77.0 Å². The second kappa shape index (κ2) is 47.9. The van der Waals surface area contributed by atoms with Gasteiger partial charge in [-0.25, -0.2) is 4.57 Å². The topological polar surface area (TPSA) is 155 Å². The summed E-state index contributed by atoms with van der Waals surface area (Å²) < 4.78 is 39.1. The molecule has 0 aliphatic heterocycles. The molecule has 12 heteroatoms. The van der Waals surface area contributed by atoms with Crippen molar-refractivity contribution in [2.24, 2.45) is 0 Å². The van der Waals surface area contributed by atoms with Crippen molar-refractivity contribution in [1.29, 1.82) is 0 Å². The predicted molar refractivity (Wildman–Crippen MR) is 270 cm³/mol. The van der Waals surface area contributed by atoms with E-state index in [1.165, 1.54) is 44.9 Å². The Morgan fingerprint density at radius 1 is 0.455 bits per heavy atom. The first kappa shape index (κ1) is 62.4. The number of hydrogen-bond donors (Lipinski definition) is 2. The van der Waals surface area contributed by atoms with Gasteiger partial charge in [-0.3, -0.25) is 23.4 Å². The molecule has 0 aliphatic rings. The van der Waals surface area contributed by atoms with E-state index in [4.69, 9.17) is 23.3 Å². The van der Waals surface area contributed by atoms with E-state index in [0.29, 0.717) is 19.3 Å². The smallest absolute Gasteiger partial charge is 0.461 e. The number of carbonyl (C=O) groups is 3. The van der Waals surface area contributed by atoms with Crippen LogP contribution in [0, 0.1) is 0 Å². The number of allylic oxidation sites excluding steroid dienone is 15. The molecular formula is C54H89O11P. The third kappa shape index (κ3) is 45.6. The molecule has 376 valence electrons. The Morgan fingerprint density at radius 2 is 0.833 bits per heavy atom. The predicted octanol–water partition coefficient (Wildman–Crippen LogP) is 14.1. The van der Waals surface area contributed by atoms with E-state index in [2.05, 4.69) is 99.8 Å². The Bertz CT molecular complexity index is 1480. The van der Waals surface area contributed by atoms with Crippen molar-refractivity contribution >= 4 is 25.7 Å². The molecular weight excluding hydrogens is 856 g/mol. The van der Waals surface area contributed by atoms with Crippen molar-refractivity contribution in [1.82, 2.24) is 0 Å². The second-order valence-electron chi connectivity index (χ2n) is 16.2. The number of unbranched alkanes of at least 4 members (excludes halogenated alkanes) is 13. The van der Waals surface area contributed by atoms with Gasteiger partial charge in [-0.2, -0.15) is 0 Å². The van der Waals surface area contributed by atoms with Crippen molar-refractivity contribution in [3.05, 3.63) is 97.2 Å². The highest BCUT2D eigenvalue weighted by Gasteiger charge is 2.28. The van der Waals surface area contributed by atoms with Gasteiger partial charge in [0.2, 0.25) is 0 Å². The first-order valence-electron chi connectivity index (χ1n) is 25.1. The molecule has 0 bridgehead atoms. The molecule has 0 aromatic carbocycles. The first-order valence-corrected chi connectivity index (χ1v) is 26.6. The number of carbonyl (C=O) groups excluding carboxylic acids is 3. The molecule has 11 nitrogen and oxygen atoms in total. The number of aliphatic hydroxyl groups excluding tert-OH is 1. The highest BCUT2D eigenvalue weighted by molar-refractivity contribution is 7.47. The van der Waals surface area contributed by atoms with Crippen LogP contribution in [0.5, 0.6) is 0 Å². The normalized spacial score (nSPS) is 14.3. The summed E-state index contributed by atoms with van der Waals surface area (Å²) in [5.41, 5.74) is 0. The molecule has 0 amide bonds. The third-order valence-electron chi connectivity index (χ3n) is 10.0. The number of rotatable bonds is 45. The minimum Gasteiger partial charge on any atom is -0.461 e. The summed E-state index contributed by atoms with van der Waals surface area (Å²) in [6.07, 6.45) is 54.2. The van der Waals surface area contributed by atoms with E-state index in [0.717, 1.165) is 83.5 Å². The average molecular weight is 945 g/mol. The summed E-state index contributed by atoms with van der Waals surface area (Å²) in [6.45, 7) is 4.22. The lowest BCUT2D eigenvalue weighted by Crippen LogP contribution is -2.30. The quantitative estimate of drug-likeness (QED) is 0.0197. The van der Waals surface area contributed by atoms with Crippen molar-refractivity contribution in [3.8, 4) is 0 Å². The van der Waals surface area contributed by atoms with Gasteiger partial charge in [0.1, 0.15) is 12.7 Å². The summed E-state index contributed by atoms with van der Waals surface area (Å²) in [5, 5.41) is 9.75. The van der Waals surface area contributed by atoms with Crippen LogP contribution in [0.4, 0.5) is 0 Å². The molecule has 0 radical (unpaired) electrons. The number of phosphoric ester groups is 1. The van der Waals surface area contributed by atoms with Crippen LogP contribution in [0.2, 0.25) is 0 Å². The fraction of sp³-hybridized carbons (Fsp3) is 0.648. The Labute approximate surface area is 400 Å². The third-order valence-corrected chi connectivity index (χ3v) is 11.0. The summed E-state index contributed by atoms with van der Waals surface area (Å²) in [7, 11) is -4.77. The van der Waals surface area contributed by atoms with E-state index < -0.39 is 64.4 Å². The van der Waals surface area contributed by atoms with Crippen molar-refractivity contribution in [3.63, 3.8) is 0 Å². The summed E-state index contributed by atoms with van der Waals surface area (Å²) in [4.78, 5) is 48.1. The monoisotopic (exact) mass is 945 g/mol. The molecule has 0 rings (SSSR count). The number of aliphatic hydroxyl groups is 1. The van der Waals surface area contributed by atoms with E-state index in [1.54, 1.807) is 6.08 Å². The van der Waals surface area contributed by atoms with E-state index in [1.807, 2.05) is 12.2 Å². The fourth-order valence-electron chi connectivity index (χ4n) is 6.27. The minimum atomic E-state index is -4.77. The van der Waals surface area contributed by atoms with Crippen LogP contribution >= 0.6 is 7.82 Å². The van der Waals surface area contributed by atoms with Gasteiger partial charge in [0, 0.05) is 12.8 Å². The molecule has 0 aromatic rings. The van der Waals surface area contributed by atoms with Crippen LogP contribution in [-0.4, -0.2) is 66.5 Å². The van der Waals surface area contributed by atoms with Gasteiger partial charge < -0.3 is 24.2 Å². The van der Waals surface area contributed by atoms with Gasteiger partial charge in [0.05, 0.1) is 26.2 Å². The second-order valence-corrected chi connectivity index (χ2v) is 17.7. The molecule has 0 aromatic heterocycles. The zero-order chi connectivity index (χ0) is 48.4. The fourth-order valence-corrected chi connectivity index (χ4v) is 7.05. The van der Waals surface area contributed by atoms with Crippen molar-refractivity contribution in [2.75, 3.05) is 26.4 Å². The van der Waals surface area contributed by atoms with Crippen LogP contribution in [0.1, 0.15) is 188 Å². The number of ether oxygens (including phenoxy) is 3. The van der Waals surface area contributed by atoms with Gasteiger partial charge in [-0.1, -0.05) is 189 Å². The lowest BCUT2D eigenvalue weighted by atomic mass is 10.1. The van der Waals surface area contributed by atoms with Crippen molar-refractivity contribution in [2.45, 2.75) is 200 Å². The lowest BCUT2D eigenvalue weighted by Gasteiger charge is -2.21. The summed E-state index contributed by atoms with van der Waals surface area (Å²) in [6, 6.07) is 0. The minimum absolute atomic E-state index is 0.0157. The summed E-state index contributed by atoms with van der Waals surface area (Å²) in [5.74, 6) is -1.66. The van der Waals surface area contributed by atoms with Gasteiger partial charge in [0.15, 0.2) is 6.10 Å². The lowest BCUT2D eigenvalue weighted by molar-refractivity contribution is -0.161. The van der Waals surface area contributed by atoms with E-state index in [9.17, 15) is 28.9 Å². The zero-order valence-electron chi connectivity index (χ0n) is 41.1. The molecule has 0 saturated heterocycles. The van der Waals surface area contributed by atoms with Crippen LogP contribution < -0.4 is 0 Å². The Kier molecular flexibility index (Phi) is 45.3. The Balaban J connectivity index is 4.92. The number of esters is 3. The zero-order valence-corrected chi connectivity index (χ0v) is 42.0. The van der Waals surface area contributed by atoms with E-state index >= 15 is 0 Å². The van der Waals surface area contributed by atoms with Gasteiger partial charge in [-0.15, -0.1) is 0 Å². The van der Waals surface area contributed by atoms with Crippen LogP contribution in [0.15, 0.2) is 97.2 Å². The van der Waals surface area contributed by atoms with Gasteiger partial charge in [0.25, 0.3) is 0 Å². The SMILES string of the molecule is CC/C=C\C/C=C\C/C=C\C/C=C\C/C=C\CC(=O)OCC(COP(=O)(O)OCC(CO)OC(=O)CCCCCCCCCCCCC)OC(=O)CCCCC/C=C\C/C=C\C/C=C\CC. The number of hydrogen-bond acceptors (Lipinski definition) is 10. The highest BCUT2D eigenvalue weighted by atomic mass is 31.2. The molecule has 66 heavy (non-hydrogen) atoms.